The fourth-order valence-electron chi connectivity index (χ4n) is 6.95. The molecule has 3 heteroatoms. The van der Waals surface area contributed by atoms with E-state index in [0.717, 1.165) is 61.4 Å². The number of hydrogen-bond donors (Lipinski definition) is 2. The zero-order valence-electron chi connectivity index (χ0n) is 27.9. The molecule has 242 valence electrons. The van der Waals surface area contributed by atoms with Crippen LogP contribution < -0.4 is 10.6 Å². The minimum absolute atomic E-state index is 0.908. The topological polar surface area (TPSA) is 37.2 Å². The molecule has 0 spiro atoms. The Morgan fingerprint density at radius 3 is 1.35 bits per heavy atom. The van der Waals surface area contributed by atoms with Crippen molar-refractivity contribution in [3.63, 3.8) is 0 Å². The molecule has 2 N–H and O–H groups in total. The summed E-state index contributed by atoms with van der Waals surface area (Å²) in [4.78, 5) is 0. The molecule has 9 rings (SSSR count). The maximum absolute atomic E-state index is 6.13. The van der Waals surface area contributed by atoms with Gasteiger partial charge >= 0.3 is 0 Å². The highest BCUT2D eigenvalue weighted by atomic mass is 16.3. The number of anilines is 4. The number of furan rings is 1. The summed E-state index contributed by atoms with van der Waals surface area (Å²) in [5.41, 5.74) is 15.4. The summed E-state index contributed by atoms with van der Waals surface area (Å²) in [6, 6.07) is 68.1. The summed E-state index contributed by atoms with van der Waals surface area (Å²) >= 11 is 0. The van der Waals surface area contributed by atoms with Crippen molar-refractivity contribution in [2.75, 3.05) is 10.6 Å². The molecule has 0 aliphatic carbocycles. The van der Waals surface area contributed by atoms with E-state index in [1.807, 2.05) is 36.4 Å². The first-order valence-corrected chi connectivity index (χ1v) is 17.3. The van der Waals surface area contributed by atoms with E-state index < -0.39 is 0 Å². The molecule has 0 saturated heterocycles. The maximum Gasteiger partial charge on any atom is 0.136 e. The standard InChI is InChI=1S/C48H34N2O/c1-2-11-38(12-3-1)49-44-17-7-4-13-40(44)35-25-21-33(22-26-35)34-23-27-36(28-24-34)41-14-5-8-18-45(41)50-39-31-29-37(30-32-39)42-16-10-20-47-48(42)43-15-6-9-19-46(43)51-47/h1-32,49-50H. The molecule has 0 fully saturated rings. The zero-order chi connectivity index (χ0) is 34.0. The van der Waals surface area contributed by atoms with Crippen molar-refractivity contribution < 1.29 is 4.42 Å². The Morgan fingerprint density at radius 1 is 0.294 bits per heavy atom. The number of para-hydroxylation sites is 4. The van der Waals surface area contributed by atoms with Gasteiger partial charge in [0.25, 0.3) is 0 Å². The van der Waals surface area contributed by atoms with E-state index in [-0.39, 0.29) is 0 Å². The lowest BCUT2D eigenvalue weighted by Crippen LogP contribution is -1.93. The van der Waals surface area contributed by atoms with E-state index in [9.17, 15) is 0 Å². The van der Waals surface area contributed by atoms with Gasteiger partial charge in [0, 0.05) is 44.6 Å². The Balaban J connectivity index is 0.935. The predicted molar refractivity (Wildman–Crippen MR) is 215 cm³/mol. The summed E-state index contributed by atoms with van der Waals surface area (Å²) in [6.07, 6.45) is 0. The number of benzene rings is 8. The summed E-state index contributed by atoms with van der Waals surface area (Å²) < 4.78 is 6.13. The summed E-state index contributed by atoms with van der Waals surface area (Å²) in [5, 5.41) is 9.54. The van der Waals surface area contributed by atoms with Crippen molar-refractivity contribution in [3.8, 4) is 44.5 Å². The van der Waals surface area contributed by atoms with Crippen molar-refractivity contribution in [1.82, 2.24) is 0 Å². The van der Waals surface area contributed by atoms with Gasteiger partial charge in [-0.2, -0.15) is 0 Å². The van der Waals surface area contributed by atoms with Crippen LogP contribution >= 0.6 is 0 Å². The van der Waals surface area contributed by atoms with Crippen LogP contribution in [0.25, 0.3) is 66.4 Å². The second kappa shape index (κ2) is 13.2. The second-order valence-corrected chi connectivity index (χ2v) is 12.7. The molecule has 9 aromatic rings. The van der Waals surface area contributed by atoms with Crippen LogP contribution in [-0.2, 0) is 0 Å². The monoisotopic (exact) mass is 654 g/mol. The van der Waals surface area contributed by atoms with Crippen LogP contribution in [0.4, 0.5) is 22.7 Å². The van der Waals surface area contributed by atoms with E-state index in [1.165, 1.54) is 27.8 Å². The lowest BCUT2D eigenvalue weighted by Gasteiger charge is -2.14. The van der Waals surface area contributed by atoms with Gasteiger partial charge in [-0.15, -0.1) is 0 Å². The van der Waals surface area contributed by atoms with E-state index in [4.69, 9.17) is 4.42 Å². The molecular weight excluding hydrogens is 621 g/mol. The average molecular weight is 655 g/mol. The Hall–Kier alpha value is -6.84. The predicted octanol–water partition coefficient (Wildman–Crippen LogP) is 13.7. The highest BCUT2D eigenvalue weighted by molar-refractivity contribution is 6.12. The molecule has 0 unspecified atom stereocenters. The maximum atomic E-state index is 6.13. The largest absolute Gasteiger partial charge is 0.456 e. The fourth-order valence-corrected chi connectivity index (χ4v) is 6.95. The van der Waals surface area contributed by atoms with Crippen LogP contribution in [-0.4, -0.2) is 0 Å². The van der Waals surface area contributed by atoms with Crippen molar-refractivity contribution in [3.05, 3.63) is 194 Å². The molecule has 0 radical (unpaired) electrons. The van der Waals surface area contributed by atoms with E-state index >= 15 is 0 Å². The highest BCUT2D eigenvalue weighted by Crippen LogP contribution is 2.38. The van der Waals surface area contributed by atoms with Gasteiger partial charge in [-0.1, -0.05) is 146 Å². The van der Waals surface area contributed by atoms with Crippen molar-refractivity contribution >= 4 is 44.7 Å². The van der Waals surface area contributed by atoms with Crippen LogP contribution in [0, 0.1) is 0 Å². The summed E-state index contributed by atoms with van der Waals surface area (Å²) in [5.74, 6) is 0. The Bertz CT molecular complexity index is 2600. The molecular formula is C48H34N2O. The van der Waals surface area contributed by atoms with Gasteiger partial charge in [-0.25, -0.2) is 0 Å². The molecule has 1 aromatic heterocycles. The zero-order valence-corrected chi connectivity index (χ0v) is 27.9. The first-order valence-electron chi connectivity index (χ1n) is 17.3. The molecule has 3 nitrogen and oxygen atoms in total. The second-order valence-electron chi connectivity index (χ2n) is 12.7. The Labute approximate surface area is 297 Å². The minimum Gasteiger partial charge on any atom is -0.456 e. The SMILES string of the molecule is c1ccc(Nc2ccccc2-c2ccc(-c3ccc(-c4ccccc4Nc4ccc(-c5cccc6oc7ccccc7c56)cc4)cc3)cc2)cc1. The van der Waals surface area contributed by atoms with Gasteiger partial charge in [0.15, 0.2) is 0 Å². The first-order chi connectivity index (χ1) is 25.3. The van der Waals surface area contributed by atoms with Crippen LogP contribution in [0.5, 0.6) is 0 Å². The minimum atomic E-state index is 0.908. The Kier molecular flexibility index (Phi) is 7.84. The number of fused-ring (bicyclic) bond motifs is 3. The molecule has 0 amide bonds. The molecule has 0 bridgehead atoms. The summed E-state index contributed by atoms with van der Waals surface area (Å²) in [7, 11) is 0. The van der Waals surface area contributed by atoms with Crippen LogP contribution in [0.1, 0.15) is 0 Å². The quantitative estimate of drug-likeness (QED) is 0.171. The molecule has 0 saturated carbocycles. The number of rotatable bonds is 8. The molecule has 1 heterocycles. The van der Waals surface area contributed by atoms with Gasteiger partial charge < -0.3 is 15.1 Å². The Morgan fingerprint density at radius 2 is 0.725 bits per heavy atom. The van der Waals surface area contributed by atoms with E-state index in [1.54, 1.807) is 0 Å². The van der Waals surface area contributed by atoms with Gasteiger partial charge in [0.05, 0.1) is 0 Å². The third kappa shape index (κ3) is 6.03. The lowest BCUT2D eigenvalue weighted by atomic mass is 9.97. The van der Waals surface area contributed by atoms with Crippen LogP contribution in [0.3, 0.4) is 0 Å². The molecule has 0 aliphatic rings. The van der Waals surface area contributed by atoms with Crippen molar-refractivity contribution in [2.24, 2.45) is 0 Å². The normalized spacial score (nSPS) is 11.1. The first kappa shape index (κ1) is 30.2. The van der Waals surface area contributed by atoms with Crippen molar-refractivity contribution in [2.45, 2.75) is 0 Å². The molecule has 0 aliphatic heterocycles. The number of hydrogen-bond acceptors (Lipinski definition) is 3. The number of nitrogens with one attached hydrogen (secondary N) is 2. The average Bonchev–Trinajstić information content (AvgIpc) is 3.59. The third-order valence-corrected chi connectivity index (χ3v) is 9.51. The van der Waals surface area contributed by atoms with Crippen molar-refractivity contribution in [1.29, 1.82) is 0 Å². The van der Waals surface area contributed by atoms with Gasteiger partial charge in [0.2, 0.25) is 0 Å². The fraction of sp³-hybridized carbons (Fsp3) is 0. The molecule has 0 atom stereocenters. The molecule has 8 aromatic carbocycles. The molecule has 51 heavy (non-hydrogen) atoms. The highest BCUT2D eigenvalue weighted by Gasteiger charge is 2.13. The lowest BCUT2D eigenvalue weighted by molar-refractivity contribution is 0.669. The van der Waals surface area contributed by atoms with E-state index in [0.29, 0.717) is 0 Å². The van der Waals surface area contributed by atoms with Gasteiger partial charge in [-0.05, 0) is 81.9 Å². The van der Waals surface area contributed by atoms with Crippen LogP contribution in [0.15, 0.2) is 199 Å². The smallest absolute Gasteiger partial charge is 0.136 e. The summed E-state index contributed by atoms with van der Waals surface area (Å²) in [6.45, 7) is 0. The van der Waals surface area contributed by atoms with Gasteiger partial charge in [-0.3, -0.25) is 0 Å². The van der Waals surface area contributed by atoms with Gasteiger partial charge in [0.1, 0.15) is 11.2 Å². The third-order valence-electron chi connectivity index (χ3n) is 9.51. The van der Waals surface area contributed by atoms with Crippen LogP contribution in [0.2, 0.25) is 0 Å². The van der Waals surface area contributed by atoms with E-state index in [2.05, 4.69) is 168 Å².